The predicted octanol–water partition coefficient (Wildman–Crippen LogP) is 1.18. The van der Waals surface area contributed by atoms with Gasteiger partial charge in [0.2, 0.25) is 0 Å². The van der Waals surface area contributed by atoms with E-state index < -0.39 is 0 Å². The fraction of sp³-hybridized carbons (Fsp3) is 0.667. The van der Waals surface area contributed by atoms with Gasteiger partial charge in [-0.25, -0.2) is 0 Å². The van der Waals surface area contributed by atoms with Crippen LogP contribution in [0.2, 0.25) is 0 Å². The number of nitrogens with zero attached hydrogens (tertiary/aromatic N) is 2. The lowest BCUT2D eigenvalue weighted by molar-refractivity contribution is 0.173. The second kappa shape index (κ2) is 7.58. The molecule has 0 saturated carbocycles. The van der Waals surface area contributed by atoms with Gasteiger partial charge in [-0.1, -0.05) is 6.92 Å². The van der Waals surface area contributed by atoms with Crippen molar-refractivity contribution in [2.24, 2.45) is 5.92 Å². The summed E-state index contributed by atoms with van der Waals surface area (Å²) in [7, 11) is 2.20. The van der Waals surface area contributed by atoms with Crippen LogP contribution in [0.1, 0.15) is 12.5 Å². The molecular weight excluding hydrogens is 238 g/mol. The monoisotopic (exact) mass is 263 g/mol. The van der Waals surface area contributed by atoms with Crippen LogP contribution in [0.3, 0.4) is 0 Å². The highest BCUT2D eigenvalue weighted by atomic mass is 16.5. The highest BCUT2D eigenvalue weighted by Crippen LogP contribution is 2.15. The molecule has 106 valence electrons. The smallest absolute Gasteiger partial charge is 0.0623 e. The van der Waals surface area contributed by atoms with Crippen LogP contribution in [0.25, 0.3) is 0 Å². The number of nitrogens with one attached hydrogen (secondary N) is 1. The molecule has 2 atom stereocenters. The van der Waals surface area contributed by atoms with Gasteiger partial charge in [0.15, 0.2) is 0 Å². The zero-order valence-electron chi connectivity index (χ0n) is 12.0. The average Bonchev–Trinajstić information content (AvgIpc) is 2.85. The molecule has 0 aliphatic carbocycles. The second-order valence-electron chi connectivity index (χ2n) is 5.33. The third-order valence-electron chi connectivity index (χ3n) is 3.74. The van der Waals surface area contributed by atoms with Crippen molar-refractivity contribution in [3.05, 3.63) is 30.1 Å². The van der Waals surface area contributed by atoms with E-state index in [0.29, 0.717) is 12.0 Å². The quantitative estimate of drug-likeness (QED) is 0.801. The molecule has 1 fully saturated rings. The maximum atomic E-state index is 5.59. The number of hydrogen-bond donors (Lipinski definition) is 1. The fourth-order valence-electron chi connectivity index (χ4n) is 2.63. The topological polar surface area (TPSA) is 37.4 Å². The van der Waals surface area contributed by atoms with Crippen molar-refractivity contribution in [1.82, 2.24) is 15.2 Å². The van der Waals surface area contributed by atoms with Gasteiger partial charge in [-0.15, -0.1) is 0 Å². The van der Waals surface area contributed by atoms with Gasteiger partial charge in [-0.05, 0) is 37.7 Å². The first-order valence-electron chi connectivity index (χ1n) is 7.18. The van der Waals surface area contributed by atoms with E-state index in [2.05, 4.69) is 41.3 Å². The Morgan fingerprint density at radius 3 is 2.89 bits per heavy atom. The summed E-state index contributed by atoms with van der Waals surface area (Å²) in [5.41, 5.74) is 1.35. The van der Waals surface area contributed by atoms with Gasteiger partial charge in [0.25, 0.3) is 0 Å². The highest BCUT2D eigenvalue weighted by Gasteiger charge is 2.28. The minimum atomic E-state index is 0.522. The van der Waals surface area contributed by atoms with E-state index in [1.807, 2.05) is 12.4 Å². The average molecular weight is 263 g/mol. The summed E-state index contributed by atoms with van der Waals surface area (Å²) in [4.78, 5) is 6.45. The van der Waals surface area contributed by atoms with E-state index in [0.717, 1.165) is 39.3 Å². The lowest BCUT2D eigenvalue weighted by atomic mass is 10.0. The van der Waals surface area contributed by atoms with Crippen LogP contribution in [0.4, 0.5) is 0 Å². The molecule has 2 rings (SSSR count). The molecule has 1 aliphatic heterocycles. The Morgan fingerprint density at radius 2 is 2.16 bits per heavy atom. The van der Waals surface area contributed by atoms with Gasteiger partial charge >= 0.3 is 0 Å². The maximum absolute atomic E-state index is 5.59. The van der Waals surface area contributed by atoms with Gasteiger partial charge in [0.1, 0.15) is 0 Å². The predicted molar refractivity (Wildman–Crippen MR) is 77.2 cm³/mol. The van der Waals surface area contributed by atoms with Crippen LogP contribution in [0.5, 0.6) is 0 Å². The Balaban J connectivity index is 1.73. The van der Waals surface area contributed by atoms with Gasteiger partial charge in [-0.3, -0.25) is 4.98 Å². The zero-order chi connectivity index (χ0) is 13.5. The Kier molecular flexibility index (Phi) is 5.76. The molecule has 0 aromatic carbocycles. The summed E-state index contributed by atoms with van der Waals surface area (Å²) in [6, 6.07) is 4.70. The molecular formula is C15H25N3O. The number of aromatic nitrogens is 1. The Morgan fingerprint density at radius 1 is 1.37 bits per heavy atom. The van der Waals surface area contributed by atoms with Crippen LogP contribution in [0.15, 0.2) is 24.5 Å². The summed E-state index contributed by atoms with van der Waals surface area (Å²) >= 11 is 0. The number of likely N-dealkylation sites (N-methyl/N-ethyl adjacent to an activating group) is 2. The molecule has 0 spiro atoms. The first-order valence-corrected chi connectivity index (χ1v) is 7.18. The zero-order valence-corrected chi connectivity index (χ0v) is 12.0. The minimum Gasteiger partial charge on any atom is -0.379 e. The van der Waals surface area contributed by atoms with Crippen LogP contribution < -0.4 is 5.32 Å². The first-order chi connectivity index (χ1) is 9.29. The van der Waals surface area contributed by atoms with Crippen molar-refractivity contribution in [3.63, 3.8) is 0 Å². The third kappa shape index (κ3) is 4.56. The van der Waals surface area contributed by atoms with Crippen molar-refractivity contribution in [2.75, 3.05) is 39.9 Å². The van der Waals surface area contributed by atoms with Gasteiger partial charge in [-0.2, -0.15) is 0 Å². The standard InChI is InChI=1S/C15H25N3O/c1-3-17-15-12-19-11-14(15)10-18(2)9-6-13-4-7-16-8-5-13/h4-5,7-8,14-15,17H,3,6,9-12H2,1-2H3. The van der Waals surface area contributed by atoms with Crippen LogP contribution >= 0.6 is 0 Å². The van der Waals surface area contributed by atoms with Crippen molar-refractivity contribution in [2.45, 2.75) is 19.4 Å². The first kappa shape index (κ1) is 14.4. The Bertz CT molecular complexity index is 358. The minimum absolute atomic E-state index is 0.522. The van der Waals surface area contributed by atoms with Crippen LogP contribution in [-0.4, -0.2) is 55.8 Å². The van der Waals surface area contributed by atoms with E-state index in [9.17, 15) is 0 Å². The number of ether oxygens (including phenoxy) is 1. The lowest BCUT2D eigenvalue weighted by Gasteiger charge is -2.24. The van der Waals surface area contributed by atoms with Gasteiger partial charge in [0, 0.05) is 37.4 Å². The number of rotatable bonds is 7. The fourth-order valence-corrected chi connectivity index (χ4v) is 2.63. The van der Waals surface area contributed by atoms with Crippen molar-refractivity contribution < 1.29 is 4.74 Å². The maximum Gasteiger partial charge on any atom is 0.0623 e. The second-order valence-corrected chi connectivity index (χ2v) is 5.33. The normalized spacial score (nSPS) is 23.1. The number of pyridine rings is 1. The van der Waals surface area contributed by atoms with Gasteiger partial charge in [0.05, 0.1) is 13.2 Å². The molecule has 0 bridgehead atoms. The van der Waals surface area contributed by atoms with Crippen molar-refractivity contribution in [3.8, 4) is 0 Å². The van der Waals surface area contributed by atoms with E-state index in [4.69, 9.17) is 4.74 Å². The van der Waals surface area contributed by atoms with Crippen LogP contribution in [0, 0.1) is 5.92 Å². The molecule has 19 heavy (non-hydrogen) atoms. The summed E-state index contributed by atoms with van der Waals surface area (Å²) in [5.74, 6) is 0.613. The molecule has 1 saturated heterocycles. The largest absolute Gasteiger partial charge is 0.379 e. The van der Waals surface area contributed by atoms with Crippen LogP contribution in [-0.2, 0) is 11.2 Å². The molecule has 2 heterocycles. The molecule has 4 heteroatoms. The van der Waals surface area contributed by atoms with Crippen molar-refractivity contribution >= 4 is 0 Å². The summed E-state index contributed by atoms with van der Waals surface area (Å²) < 4.78 is 5.59. The third-order valence-corrected chi connectivity index (χ3v) is 3.74. The molecule has 0 amide bonds. The van der Waals surface area contributed by atoms with E-state index in [1.165, 1.54) is 5.56 Å². The summed E-state index contributed by atoms with van der Waals surface area (Å²) in [6.45, 7) is 7.10. The molecule has 0 radical (unpaired) electrons. The molecule has 1 aromatic rings. The molecule has 1 aromatic heterocycles. The number of hydrogen-bond acceptors (Lipinski definition) is 4. The lowest BCUT2D eigenvalue weighted by Crippen LogP contribution is -2.41. The molecule has 4 nitrogen and oxygen atoms in total. The highest BCUT2D eigenvalue weighted by molar-refractivity contribution is 5.09. The molecule has 2 unspecified atom stereocenters. The van der Waals surface area contributed by atoms with Crippen molar-refractivity contribution in [1.29, 1.82) is 0 Å². The summed E-state index contributed by atoms with van der Waals surface area (Å²) in [5, 5.41) is 3.51. The Labute approximate surface area is 116 Å². The van der Waals surface area contributed by atoms with Gasteiger partial charge < -0.3 is 15.0 Å². The molecule has 1 N–H and O–H groups in total. The van der Waals surface area contributed by atoms with E-state index in [1.54, 1.807) is 0 Å². The Hall–Kier alpha value is -0.970. The molecule has 1 aliphatic rings. The summed E-state index contributed by atoms with van der Waals surface area (Å²) in [6.07, 6.45) is 4.81. The van der Waals surface area contributed by atoms with E-state index >= 15 is 0 Å². The SMILES string of the molecule is CCNC1COCC1CN(C)CCc1ccncc1. The van der Waals surface area contributed by atoms with E-state index in [-0.39, 0.29) is 0 Å².